The molecule has 1 N–H and O–H groups in total. The van der Waals surface area contributed by atoms with Gasteiger partial charge in [-0.3, -0.25) is 9.69 Å². The second kappa shape index (κ2) is 8.33. The van der Waals surface area contributed by atoms with Gasteiger partial charge >= 0.3 is 5.63 Å². The van der Waals surface area contributed by atoms with E-state index in [0.29, 0.717) is 23.4 Å². The summed E-state index contributed by atoms with van der Waals surface area (Å²) in [6, 6.07) is 5.32. The number of hydrogen-bond acceptors (Lipinski definition) is 6. The van der Waals surface area contributed by atoms with Gasteiger partial charge in [0.2, 0.25) is 5.91 Å². The molecule has 3 rings (SSSR count). The highest BCUT2D eigenvalue weighted by atomic mass is 16.5. The number of aryl methyl sites for hydroxylation is 1. The summed E-state index contributed by atoms with van der Waals surface area (Å²) in [6.07, 6.45) is 0.0131. The van der Waals surface area contributed by atoms with Crippen molar-refractivity contribution < 1.29 is 18.7 Å². The highest BCUT2D eigenvalue weighted by Gasteiger charge is 2.16. The minimum atomic E-state index is -0.480. The van der Waals surface area contributed by atoms with E-state index in [2.05, 4.69) is 10.2 Å². The number of amides is 1. The van der Waals surface area contributed by atoms with E-state index < -0.39 is 5.63 Å². The lowest BCUT2D eigenvalue weighted by molar-refractivity contribution is -0.120. The molecule has 7 heteroatoms. The van der Waals surface area contributed by atoms with Gasteiger partial charge in [0.25, 0.3) is 0 Å². The molecule has 1 aliphatic heterocycles. The summed E-state index contributed by atoms with van der Waals surface area (Å²) in [5, 5.41) is 3.68. The Morgan fingerprint density at radius 2 is 2.08 bits per heavy atom. The molecule has 140 valence electrons. The summed E-state index contributed by atoms with van der Waals surface area (Å²) in [5.74, 6) is 0.440. The fraction of sp³-hybridized carbons (Fsp3) is 0.474. The van der Waals surface area contributed by atoms with Crippen LogP contribution in [-0.2, 0) is 16.0 Å². The minimum absolute atomic E-state index is 0.0131. The molecule has 0 radical (unpaired) electrons. The number of morpholine rings is 1. The van der Waals surface area contributed by atoms with Crippen LogP contribution in [0.4, 0.5) is 0 Å². The van der Waals surface area contributed by atoms with Crippen molar-refractivity contribution in [1.82, 2.24) is 10.2 Å². The number of carbonyl (C=O) groups excluding carboxylic acids is 1. The second-order valence-electron chi connectivity index (χ2n) is 6.34. The molecule has 0 bridgehead atoms. The Kier molecular flexibility index (Phi) is 5.90. The SMILES string of the molecule is COc1ccc2c(C)c(CC(=O)NCCN3CCOCC3)c(=O)oc2c1. The first kappa shape index (κ1) is 18.4. The number of carbonyl (C=O) groups is 1. The van der Waals surface area contributed by atoms with Crippen LogP contribution >= 0.6 is 0 Å². The number of rotatable bonds is 6. The Labute approximate surface area is 151 Å². The molecule has 2 aromatic rings. The van der Waals surface area contributed by atoms with Crippen molar-refractivity contribution in [3.63, 3.8) is 0 Å². The lowest BCUT2D eigenvalue weighted by atomic mass is 10.0. The first-order chi connectivity index (χ1) is 12.6. The largest absolute Gasteiger partial charge is 0.497 e. The smallest absolute Gasteiger partial charge is 0.340 e. The molecule has 1 aliphatic rings. The summed E-state index contributed by atoms with van der Waals surface area (Å²) in [7, 11) is 1.56. The molecule has 1 amide bonds. The molecular weight excluding hydrogens is 336 g/mol. The Morgan fingerprint density at radius 1 is 1.31 bits per heavy atom. The number of ether oxygens (including phenoxy) is 2. The average Bonchev–Trinajstić information content (AvgIpc) is 2.65. The van der Waals surface area contributed by atoms with E-state index in [1.807, 2.05) is 19.1 Å². The zero-order valence-corrected chi connectivity index (χ0v) is 15.2. The van der Waals surface area contributed by atoms with Gasteiger partial charge < -0.3 is 19.2 Å². The molecule has 2 heterocycles. The molecule has 1 aromatic heterocycles. The molecule has 1 saturated heterocycles. The van der Waals surface area contributed by atoms with Crippen LogP contribution in [0.1, 0.15) is 11.1 Å². The van der Waals surface area contributed by atoms with Gasteiger partial charge in [-0.05, 0) is 24.6 Å². The summed E-state index contributed by atoms with van der Waals surface area (Å²) >= 11 is 0. The molecule has 1 aromatic carbocycles. The first-order valence-electron chi connectivity index (χ1n) is 8.75. The van der Waals surface area contributed by atoms with Gasteiger partial charge in [-0.15, -0.1) is 0 Å². The Hall–Kier alpha value is -2.38. The molecule has 0 aliphatic carbocycles. The van der Waals surface area contributed by atoms with Crippen LogP contribution in [0.5, 0.6) is 5.75 Å². The first-order valence-corrected chi connectivity index (χ1v) is 8.75. The van der Waals surface area contributed by atoms with Crippen LogP contribution < -0.4 is 15.7 Å². The van der Waals surface area contributed by atoms with Crippen molar-refractivity contribution in [2.75, 3.05) is 46.5 Å². The third-order valence-electron chi connectivity index (χ3n) is 4.69. The van der Waals surface area contributed by atoms with Crippen molar-refractivity contribution >= 4 is 16.9 Å². The van der Waals surface area contributed by atoms with Gasteiger partial charge in [-0.2, -0.15) is 0 Å². The zero-order chi connectivity index (χ0) is 18.5. The predicted molar refractivity (Wildman–Crippen MR) is 97.7 cm³/mol. The van der Waals surface area contributed by atoms with Crippen molar-refractivity contribution in [2.24, 2.45) is 0 Å². The summed E-state index contributed by atoms with van der Waals surface area (Å²) in [5.41, 5.74) is 1.14. The van der Waals surface area contributed by atoms with Gasteiger partial charge in [0.15, 0.2) is 0 Å². The number of benzene rings is 1. The van der Waals surface area contributed by atoms with Crippen LogP contribution in [0.2, 0.25) is 0 Å². The number of nitrogens with zero attached hydrogens (tertiary/aromatic N) is 1. The third-order valence-corrected chi connectivity index (χ3v) is 4.69. The minimum Gasteiger partial charge on any atom is -0.497 e. The molecule has 7 nitrogen and oxygen atoms in total. The summed E-state index contributed by atoms with van der Waals surface area (Å²) < 4.78 is 15.8. The Bertz CT molecular complexity index is 840. The molecular formula is C19H24N2O5. The Balaban J connectivity index is 1.65. The van der Waals surface area contributed by atoms with Crippen molar-refractivity contribution in [2.45, 2.75) is 13.3 Å². The van der Waals surface area contributed by atoms with Crippen molar-refractivity contribution in [1.29, 1.82) is 0 Å². The zero-order valence-electron chi connectivity index (χ0n) is 15.2. The third kappa shape index (κ3) is 4.23. The van der Waals surface area contributed by atoms with E-state index in [4.69, 9.17) is 13.9 Å². The molecule has 0 unspecified atom stereocenters. The van der Waals surface area contributed by atoms with Gasteiger partial charge in [-0.25, -0.2) is 4.79 Å². The van der Waals surface area contributed by atoms with E-state index in [1.165, 1.54) is 0 Å². The number of hydrogen-bond donors (Lipinski definition) is 1. The van der Waals surface area contributed by atoms with Crippen LogP contribution in [0.15, 0.2) is 27.4 Å². The number of nitrogens with one attached hydrogen (secondary N) is 1. The molecule has 0 atom stereocenters. The lowest BCUT2D eigenvalue weighted by Crippen LogP contribution is -2.41. The van der Waals surface area contributed by atoms with E-state index in [-0.39, 0.29) is 12.3 Å². The molecule has 26 heavy (non-hydrogen) atoms. The normalized spacial score (nSPS) is 15.2. The van der Waals surface area contributed by atoms with Crippen molar-refractivity contribution in [3.05, 3.63) is 39.7 Å². The van der Waals surface area contributed by atoms with Crippen LogP contribution in [0.25, 0.3) is 11.0 Å². The van der Waals surface area contributed by atoms with Gasteiger partial charge in [0.1, 0.15) is 11.3 Å². The number of methoxy groups -OCH3 is 1. The van der Waals surface area contributed by atoms with E-state index in [0.717, 1.165) is 43.8 Å². The van der Waals surface area contributed by atoms with Crippen LogP contribution in [-0.4, -0.2) is 57.3 Å². The topological polar surface area (TPSA) is 81.0 Å². The lowest BCUT2D eigenvalue weighted by Gasteiger charge is -2.26. The maximum atomic E-state index is 12.3. The van der Waals surface area contributed by atoms with Gasteiger partial charge in [0, 0.05) is 37.6 Å². The highest BCUT2D eigenvalue weighted by molar-refractivity contribution is 5.85. The van der Waals surface area contributed by atoms with Crippen molar-refractivity contribution in [3.8, 4) is 5.75 Å². The standard InChI is InChI=1S/C19H24N2O5/c1-13-15-4-3-14(24-2)11-17(15)26-19(23)16(13)12-18(22)20-5-6-21-7-9-25-10-8-21/h3-4,11H,5-10,12H2,1-2H3,(H,20,22). The van der Waals surface area contributed by atoms with E-state index in [9.17, 15) is 9.59 Å². The molecule has 0 saturated carbocycles. The van der Waals surface area contributed by atoms with Gasteiger partial charge in [0.05, 0.1) is 32.3 Å². The maximum Gasteiger partial charge on any atom is 0.340 e. The quantitative estimate of drug-likeness (QED) is 0.777. The van der Waals surface area contributed by atoms with E-state index >= 15 is 0 Å². The fourth-order valence-electron chi connectivity index (χ4n) is 3.11. The molecule has 1 fully saturated rings. The summed E-state index contributed by atoms with van der Waals surface area (Å²) in [6.45, 7) is 6.39. The predicted octanol–water partition coefficient (Wildman–Crippen LogP) is 1.10. The monoisotopic (exact) mass is 360 g/mol. The van der Waals surface area contributed by atoms with E-state index in [1.54, 1.807) is 13.2 Å². The number of fused-ring (bicyclic) bond motifs is 1. The van der Waals surface area contributed by atoms with Gasteiger partial charge in [-0.1, -0.05) is 0 Å². The summed E-state index contributed by atoms with van der Waals surface area (Å²) in [4.78, 5) is 26.8. The Morgan fingerprint density at radius 3 is 2.81 bits per heavy atom. The second-order valence-corrected chi connectivity index (χ2v) is 6.34. The highest BCUT2D eigenvalue weighted by Crippen LogP contribution is 2.24. The van der Waals surface area contributed by atoms with Crippen LogP contribution in [0, 0.1) is 6.92 Å². The average molecular weight is 360 g/mol. The maximum absolute atomic E-state index is 12.3. The fourth-order valence-corrected chi connectivity index (χ4v) is 3.11. The molecule has 0 spiro atoms. The van der Waals surface area contributed by atoms with Crippen LogP contribution in [0.3, 0.4) is 0 Å².